The van der Waals surface area contributed by atoms with Crippen molar-refractivity contribution in [2.45, 2.75) is 53.9 Å². The fourth-order valence-electron chi connectivity index (χ4n) is 1.02. The van der Waals surface area contributed by atoms with Gasteiger partial charge in [0.1, 0.15) is 0 Å². The normalized spacial score (nSPS) is 10.5. The summed E-state index contributed by atoms with van der Waals surface area (Å²) >= 11 is 0. The molecule has 0 saturated heterocycles. The Bertz CT molecular complexity index is 65.3. The Morgan fingerprint density at radius 1 is 1.07 bits per heavy atom. The summed E-state index contributed by atoms with van der Waals surface area (Å²) in [5.74, 6) is 0.449. The molecule has 0 radical (unpaired) electrons. The molecule has 90 valence electrons. The first-order valence-corrected chi connectivity index (χ1v) is 5.95. The average molecular weight is 206 g/mol. The molecule has 0 aromatic rings. The quantitative estimate of drug-likeness (QED) is 0.721. The summed E-state index contributed by atoms with van der Waals surface area (Å²) < 4.78 is 4.91. The summed E-state index contributed by atoms with van der Waals surface area (Å²) in [5, 5.41) is 8.83. The molecule has 0 aromatic heterocycles. The smallest absolute Gasteiger partial charge is 0.0465 e. The van der Waals surface area contributed by atoms with Crippen molar-refractivity contribution >= 4 is 0 Å². The van der Waals surface area contributed by atoms with Gasteiger partial charge in [-0.3, -0.25) is 0 Å². The van der Waals surface area contributed by atoms with Crippen molar-refractivity contribution in [2.24, 2.45) is 5.92 Å². The van der Waals surface area contributed by atoms with Gasteiger partial charge in [-0.25, -0.2) is 0 Å². The lowest BCUT2D eigenvalue weighted by molar-refractivity contribution is 0.143. The average Bonchev–Trinajstić information content (AvgIpc) is 2.29. The van der Waals surface area contributed by atoms with Crippen LogP contribution in [0.3, 0.4) is 0 Å². The topological polar surface area (TPSA) is 29.5 Å². The van der Waals surface area contributed by atoms with Gasteiger partial charge in [0.15, 0.2) is 0 Å². The number of rotatable bonds is 6. The SMILES string of the molecule is CC.CC.CCCC(CO)CCOC. The molecule has 1 atom stereocenters. The lowest BCUT2D eigenvalue weighted by atomic mass is 10.0. The van der Waals surface area contributed by atoms with Crippen molar-refractivity contribution in [3.05, 3.63) is 0 Å². The third-order valence-electron chi connectivity index (χ3n) is 1.69. The molecule has 0 aliphatic rings. The lowest BCUT2D eigenvalue weighted by Gasteiger charge is -2.10. The minimum absolute atomic E-state index is 0.303. The van der Waals surface area contributed by atoms with Crippen molar-refractivity contribution in [3.63, 3.8) is 0 Å². The zero-order valence-corrected chi connectivity index (χ0v) is 11.0. The molecule has 0 aromatic carbocycles. The number of ether oxygens (including phenoxy) is 1. The second-order valence-electron chi connectivity index (χ2n) is 2.62. The maximum absolute atomic E-state index is 8.83. The van der Waals surface area contributed by atoms with Crippen LogP contribution in [0.2, 0.25) is 0 Å². The molecule has 0 saturated carbocycles. The van der Waals surface area contributed by atoms with Gasteiger partial charge < -0.3 is 9.84 Å². The molecule has 0 heterocycles. The summed E-state index contributed by atoms with van der Waals surface area (Å²) in [7, 11) is 1.69. The molecular formula is C12H30O2. The molecule has 0 aliphatic heterocycles. The van der Waals surface area contributed by atoms with E-state index in [0.717, 1.165) is 25.9 Å². The van der Waals surface area contributed by atoms with Crippen molar-refractivity contribution < 1.29 is 9.84 Å². The molecule has 0 rings (SSSR count). The Morgan fingerprint density at radius 3 is 1.86 bits per heavy atom. The lowest BCUT2D eigenvalue weighted by Crippen LogP contribution is -2.08. The fraction of sp³-hybridized carbons (Fsp3) is 1.00. The molecule has 0 fully saturated rings. The molecule has 14 heavy (non-hydrogen) atoms. The third kappa shape index (κ3) is 17.9. The summed E-state index contributed by atoms with van der Waals surface area (Å²) in [6, 6.07) is 0. The van der Waals surface area contributed by atoms with Gasteiger partial charge in [-0.2, -0.15) is 0 Å². The predicted molar refractivity (Wildman–Crippen MR) is 64.7 cm³/mol. The molecule has 0 spiro atoms. The first kappa shape index (κ1) is 19.5. The van der Waals surface area contributed by atoms with Crippen LogP contribution in [0, 0.1) is 5.92 Å². The van der Waals surface area contributed by atoms with E-state index in [1.807, 2.05) is 27.7 Å². The molecule has 0 amide bonds. The highest BCUT2D eigenvalue weighted by Crippen LogP contribution is 2.09. The summed E-state index contributed by atoms with van der Waals surface area (Å²) in [5.41, 5.74) is 0. The van der Waals surface area contributed by atoms with Crippen LogP contribution in [0.15, 0.2) is 0 Å². The highest BCUT2D eigenvalue weighted by molar-refractivity contribution is 4.55. The Balaban J connectivity index is -0.000000266. The van der Waals surface area contributed by atoms with Gasteiger partial charge in [-0.05, 0) is 18.8 Å². The zero-order chi connectivity index (χ0) is 11.8. The minimum atomic E-state index is 0.303. The third-order valence-corrected chi connectivity index (χ3v) is 1.69. The van der Waals surface area contributed by atoms with Gasteiger partial charge in [0.2, 0.25) is 0 Å². The molecular weight excluding hydrogens is 176 g/mol. The Morgan fingerprint density at radius 2 is 1.57 bits per heavy atom. The monoisotopic (exact) mass is 206 g/mol. The predicted octanol–water partition coefficient (Wildman–Crippen LogP) is 3.48. The van der Waals surface area contributed by atoms with Gasteiger partial charge in [0.05, 0.1) is 0 Å². The van der Waals surface area contributed by atoms with E-state index in [1.54, 1.807) is 7.11 Å². The molecule has 2 nitrogen and oxygen atoms in total. The van der Waals surface area contributed by atoms with E-state index in [-0.39, 0.29) is 0 Å². The summed E-state index contributed by atoms with van der Waals surface area (Å²) in [6.07, 6.45) is 3.25. The van der Waals surface area contributed by atoms with Crippen LogP contribution in [-0.4, -0.2) is 25.4 Å². The van der Waals surface area contributed by atoms with Crippen LogP contribution < -0.4 is 0 Å². The van der Waals surface area contributed by atoms with Crippen LogP contribution in [-0.2, 0) is 4.74 Å². The number of hydrogen-bond donors (Lipinski definition) is 1. The van der Waals surface area contributed by atoms with E-state index in [9.17, 15) is 0 Å². The van der Waals surface area contributed by atoms with E-state index in [0.29, 0.717) is 12.5 Å². The van der Waals surface area contributed by atoms with Gasteiger partial charge in [-0.1, -0.05) is 41.0 Å². The van der Waals surface area contributed by atoms with Crippen LogP contribution in [0.4, 0.5) is 0 Å². The van der Waals surface area contributed by atoms with Gasteiger partial charge in [0.25, 0.3) is 0 Å². The molecule has 0 bridgehead atoms. The number of aliphatic hydroxyl groups excluding tert-OH is 1. The van der Waals surface area contributed by atoms with E-state index < -0.39 is 0 Å². The molecule has 0 aliphatic carbocycles. The van der Waals surface area contributed by atoms with Crippen LogP contribution in [0.25, 0.3) is 0 Å². The largest absolute Gasteiger partial charge is 0.396 e. The van der Waals surface area contributed by atoms with Crippen molar-refractivity contribution in [3.8, 4) is 0 Å². The summed E-state index contributed by atoms with van der Waals surface area (Å²) in [4.78, 5) is 0. The van der Waals surface area contributed by atoms with Crippen molar-refractivity contribution in [1.82, 2.24) is 0 Å². The standard InChI is InChI=1S/C8H18O2.2C2H6/c1-3-4-8(7-9)5-6-10-2;2*1-2/h8-9H,3-7H2,1-2H3;2*1-2H3. The Labute approximate surface area is 90.7 Å². The number of hydrogen-bond acceptors (Lipinski definition) is 2. The van der Waals surface area contributed by atoms with Gasteiger partial charge >= 0.3 is 0 Å². The zero-order valence-electron chi connectivity index (χ0n) is 11.0. The fourth-order valence-corrected chi connectivity index (χ4v) is 1.02. The van der Waals surface area contributed by atoms with Gasteiger partial charge in [-0.15, -0.1) is 0 Å². The maximum atomic E-state index is 8.83. The molecule has 1 unspecified atom stereocenters. The van der Waals surface area contributed by atoms with Gasteiger partial charge in [0, 0.05) is 20.3 Å². The second-order valence-corrected chi connectivity index (χ2v) is 2.62. The minimum Gasteiger partial charge on any atom is -0.396 e. The number of aliphatic hydroxyl groups is 1. The van der Waals surface area contributed by atoms with E-state index in [4.69, 9.17) is 9.84 Å². The highest BCUT2D eigenvalue weighted by Gasteiger charge is 2.04. The summed E-state index contributed by atoms with van der Waals surface area (Å²) in [6.45, 7) is 11.2. The first-order chi connectivity index (χ1) is 6.85. The maximum Gasteiger partial charge on any atom is 0.0465 e. The first-order valence-electron chi connectivity index (χ1n) is 5.95. The van der Waals surface area contributed by atoms with E-state index in [2.05, 4.69) is 6.92 Å². The van der Waals surface area contributed by atoms with Crippen LogP contribution >= 0.6 is 0 Å². The Kier molecular flexibility index (Phi) is 32.1. The molecule has 1 N–H and O–H groups in total. The van der Waals surface area contributed by atoms with Crippen molar-refractivity contribution in [1.29, 1.82) is 0 Å². The van der Waals surface area contributed by atoms with Crippen LogP contribution in [0.1, 0.15) is 53.9 Å². The van der Waals surface area contributed by atoms with Crippen molar-refractivity contribution in [2.75, 3.05) is 20.3 Å². The highest BCUT2D eigenvalue weighted by atomic mass is 16.5. The van der Waals surface area contributed by atoms with E-state index >= 15 is 0 Å². The van der Waals surface area contributed by atoms with E-state index in [1.165, 1.54) is 0 Å². The Hall–Kier alpha value is -0.0800. The van der Waals surface area contributed by atoms with Crippen LogP contribution in [0.5, 0.6) is 0 Å². The number of methoxy groups -OCH3 is 1. The second kappa shape index (κ2) is 23.1. The molecule has 2 heteroatoms.